The zero-order valence-electron chi connectivity index (χ0n) is 8.56. The number of rotatable bonds is 6. The molecule has 0 fully saturated rings. The lowest BCUT2D eigenvalue weighted by atomic mass is 10.2. The van der Waals surface area contributed by atoms with Gasteiger partial charge in [0.2, 0.25) is 5.92 Å². The Morgan fingerprint density at radius 2 is 2.14 bits per heavy atom. The normalized spacial score (nSPS) is 13.8. The van der Waals surface area contributed by atoms with E-state index in [1.165, 1.54) is 0 Å². The van der Waals surface area contributed by atoms with Gasteiger partial charge in [-0.25, -0.2) is 8.78 Å². The number of esters is 1. The Morgan fingerprint density at radius 3 is 2.57 bits per heavy atom. The third kappa shape index (κ3) is 9.38. The molecule has 3 nitrogen and oxygen atoms in total. The van der Waals surface area contributed by atoms with Gasteiger partial charge < -0.3 is 10.5 Å². The molecule has 0 aromatic rings. The maximum absolute atomic E-state index is 12.3. The molecule has 0 aliphatic rings. The first-order valence-corrected chi connectivity index (χ1v) is 4.60. The molecule has 84 valence electrons. The van der Waals surface area contributed by atoms with E-state index in [1.54, 1.807) is 6.92 Å². The van der Waals surface area contributed by atoms with Gasteiger partial charge in [0, 0.05) is 18.9 Å². The van der Waals surface area contributed by atoms with Gasteiger partial charge in [0.15, 0.2) is 0 Å². The lowest BCUT2D eigenvalue weighted by molar-refractivity contribution is -0.145. The van der Waals surface area contributed by atoms with Crippen molar-refractivity contribution in [2.75, 3.05) is 6.61 Å². The van der Waals surface area contributed by atoms with Crippen molar-refractivity contribution in [3.05, 3.63) is 0 Å². The van der Waals surface area contributed by atoms with Crippen LogP contribution in [-0.4, -0.2) is 24.5 Å². The van der Waals surface area contributed by atoms with Crippen LogP contribution in [0.4, 0.5) is 8.78 Å². The monoisotopic (exact) mass is 209 g/mol. The number of alkyl halides is 2. The first-order chi connectivity index (χ1) is 6.31. The van der Waals surface area contributed by atoms with E-state index in [4.69, 9.17) is 5.73 Å². The van der Waals surface area contributed by atoms with Crippen LogP contribution in [-0.2, 0) is 9.53 Å². The Kier molecular flexibility index (Phi) is 5.60. The molecule has 0 rings (SSSR count). The van der Waals surface area contributed by atoms with Gasteiger partial charge in [0.1, 0.15) is 0 Å². The van der Waals surface area contributed by atoms with E-state index in [-0.39, 0.29) is 19.1 Å². The molecular formula is C9H17F2NO2. The van der Waals surface area contributed by atoms with Crippen molar-refractivity contribution >= 4 is 5.97 Å². The summed E-state index contributed by atoms with van der Waals surface area (Å²) in [5, 5.41) is 0. The second-order valence-corrected chi connectivity index (χ2v) is 3.56. The molecule has 0 amide bonds. The number of hydrogen-bond donors (Lipinski definition) is 1. The second-order valence-electron chi connectivity index (χ2n) is 3.56. The van der Waals surface area contributed by atoms with E-state index < -0.39 is 18.3 Å². The molecule has 0 aromatic heterocycles. The third-order valence-electron chi connectivity index (χ3n) is 1.61. The molecule has 5 heteroatoms. The minimum atomic E-state index is -2.78. The SMILES string of the molecule is CC(N)CCC(=O)OCCC(C)(F)F. The Hall–Kier alpha value is -0.710. The summed E-state index contributed by atoms with van der Waals surface area (Å²) in [4.78, 5) is 10.9. The topological polar surface area (TPSA) is 52.3 Å². The van der Waals surface area contributed by atoms with Gasteiger partial charge in [-0.1, -0.05) is 0 Å². The van der Waals surface area contributed by atoms with Gasteiger partial charge >= 0.3 is 5.97 Å². The van der Waals surface area contributed by atoms with Gasteiger partial charge in [-0.15, -0.1) is 0 Å². The highest BCUT2D eigenvalue weighted by atomic mass is 19.3. The molecule has 0 heterocycles. The summed E-state index contributed by atoms with van der Waals surface area (Å²) in [6.45, 7) is 2.33. The first kappa shape index (κ1) is 13.3. The molecular weight excluding hydrogens is 192 g/mol. The fraction of sp³-hybridized carbons (Fsp3) is 0.889. The number of halogens is 2. The lowest BCUT2D eigenvalue weighted by Gasteiger charge is -2.10. The second kappa shape index (κ2) is 5.90. The van der Waals surface area contributed by atoms with Crippen molar-refractivity contribution in [1.82, 2.24) is 0 Å². The van der Waals surface area contributed by atoms with Crippen LogP contribution >= 0.6 is 0 Å². The number of carbonyl (C=O) groups excluding carboxylic acids is 1. The fourth-order valence-corrected chi connectivity index (χ4v) is 0.762. The maximum atomic E-state index is 12.3. The van der Waals surface area contributed by atoms with Crippen molar-refractivity contribution < 1.29 is 18.3 Å². The van der Waals surface area contributed by atoms with E-state index in [0.29, 0.717) is 6.42 Å². The van der Waals surface area contributed by atoms with Gasteiger partial charge in [0.25, 0.3) is 0 Å². The first-order valence-electron chi connectivity index (χ1n) is 4.60. The Bertz CT molecular complexity index is 178. The molecule has 1 unspecified atom stereocenters. The molecule has 0 aromatic carbocycles. The minimum absolute atomic E-state index is 0.0739. The highest BCUT2D eigenvalue weighted by Crippen LogP contribution is 2.16. The third-order valence-corrected chi connectivity index (χ3v) is 1.61. The van der Waals surface area contributed by atoms with E-state index in [2.05, 4.69) is 4.74 Å². The molecule has 1 atom stereocenters. The van der Waals surface area contributed by atoms with Crippen molar-refractivity contribution in [2.45, 2.75) is 45.1 Å². The van der Waals surface area contributed by atoms with E-state index in [9.17, 15) is 13.6 Å². The van der Waals surface area contributed by atoms with Gasteiger partial charge in [-0.2, -0.15) is 0 Å². The highest BCUT2D eigenvalue weighted by Gasteiger charge is 2.21. The standard InChI is InChI=1S/C9H17F2NO2/c1-7(12)3-4-8(13)14-6-5-9(2,10)11/h7H,3-6,12H2,1-2H3. The minimum Gasteiger partial charge on any atom is -0.465 e. The smallest absolute Gasteiger partial charge is 0.305 e. The van der Waals surface area contributed by atoms with Crippen molar-refractivity contribution in [1.29, 1.82) is 0 Å². The molecule has 0 radical (unpaired) electrons. The Balaban J connectivity index is 3.46. The number of carbonyl (C=O) groups is 1. The summed E-state index contributed by atoms with van der Waals surface area (Å²) in [5.41, 5.74) is 5.41. The van der Waals surface area contributed by atoms with Crippen LogP contribution in [0.2, 0.25) is 0 Å². The predicted molar refractivity (Wildman–Crippen MR) is 49.1 cm³/mol. The van der Waals surface area contributed by atoms with Crippen LogP contribution < -0.4 is 5.73 Å². The van der Waals surface area contributed by atoms with Crippen LogP contribution in [0, 0.1) is 0 Å². The quantitative estimate of drug-likeness (QED) is 0.677. The van der Waals surface area contributed by atoms with Gasteiger partial charge in [-0.05, 0) is 20.3 Å². The average molecular weight is 209 g/mol. The predicted octanol–water partition coefficient (Wildman–Crippen LogP) is 1.70. The average Bonchev–Trinajstić information content (AvgIpc) is 1.98. The van der Waals surface area contributed by atoms with Crippen molar-refractivity contribution in [2.24, 2.45) is 5.73 Å². The zero-order valence-corrected chi connectivity index (χ0v) is 8.56. The zero-order chi connectivity index (χ0) is 11.2. The molecule has 0 bridgehead atoms. The molecule has 2 N–H and O–H groups in total. The molecule has 0 spiro atoms. The highest BCUT2D eigenvalue weighted by molar-refractivity contribution is 5.69. The molecule has 0 saturated carbocycles. The van der Waals surface area contributed by atoms with Gasteiger partial charge in [0.05, 0.1) is 6.61 Å². The van der Waals surface area contributed by atoms with E-state index in [0.717, 1.165) is 6.92 Å². The van der Waals surface area contributed by atoms with Gasteiger partial charge in [-0.3, -0.25) is 4.79 Å². The summed E-state index contributed by atoms with van der Waals surface area (Å²) >= 11 is 0. The van der Waals surface area contributed by atoms with Crippen LogP contribution in [0.15, 0.2) is 0 Å². The summed E-state index contributed by atoms with van der Waals surface area (Å²) in [6, 6.07) is -0.0739. The maximum Gasteiger partial charge on any atom is 0.305 e. The van der Waals surface area contributed by atoms with Crippen LogP contribution in [0.25, 0.3) is 0 Å². The molecule has 0 aliphatic heterocycles. The van der Waals surface area contributed by atoms with E-state index in [1.807, 2.05) is 0 Å². The number of ether oxygens (including phenoxy) is 1. The largest absolute Gasteiger partial charge is 0.465 e. The Labute approximate surface area is 82.6 Å². The van der Waals surface area contributed by atoms with E-state index >= 15 is 0 Å². The molecule has 0 aliphatic carbocycles. The molecule has 14 heavy (non-hydrogen) atoms. The number of nitrogens with two attached hydrogens (primary N) is 1. The van der Waals surface area contributed by atoms with Crippen LogP contribution in [0.1, 0.15) is 33.1 Å². The Morgan fingerprint density at radius 1 is 1.57 bits per heavy atom. The van der Waals surface area contributed by atoms with Crippen LogP contribution in [0.5, 0.6) is 0 Å². The summed E-state index contributed by atoms with van der Waals surface area (Å²) in [6.07, 6.45) is 0.269. The number of hydrogen-bond acceptors (Lipinski definition) is 3. The lowest BCUT2D eigenvalue weighted by Crippen LogP contribution is -2.19. The summed E-state index contributed by atoms with van der Waals surface area (Å²) in [7, 11) is 0. The fourth-order valence-electron chi connectivity index (χ4n) is 0.762. The summed E-state index contributed by atoms with van der Waals surface area (Å²) in [5.74, 6) is -3.24. The van der Waals surface area contributed by atoms with Crippen molar-refractivity contribution in [3.63, 3.8) is 0 Å². The van der Waals surface area contributed by atoms with Crippen LogP contribution in [0.3, 0.4) is 0 Å². The molecule has 0 saturated heterocycles. The van der Waals surface area contributed by atoms with Crippen molar-refractivity contribution in [3.8, 4) is 0 Å². The summed E-state index contributed by atoms with van der Waals surface area (Å²) < 4.78 is 29.1.